The lowest BCUT2D eigenvalue weighted by Crippen LogP contribution is -2.53. The molecule has 0 saturated carbocycles. The molecule has 0 aliphatic carbocycles. The lowest BCUT2D eigenvalue weighted by atomic mass is 9.74. The topological polar surface area (TPSA) is 3.24 Å². The molecule has 0 atom stereocenters. The largest absolute Gasteiger partial charge is 0.297 e. The van der Waals surface area contributed by atoms with E-state index in [0.29, 0.717) is 5.92 Å². The Bertz CT molecular complexity index is 224. The molecule has 0 heterocycles. The summed E-state index contributed by atoms with van der Waals surface area (Å²) in [4.78, 5) is 2.51. The van der Waals surface area contributed by atoms with Crippen LogP contribution >= 0.6 is 0 Å². The van der Waals surface area contributed by atoms with E-state index in [1.807, 2.05) is 12.2 Å². The summed E-state index contributed by atoms with van der Waals surface area (Å²) in [7, 11) is 0. The van der Waals surface area contributed by atoms with Gasteiger partial charge in [-0.25, -0.2) is 0 Å². The first kappa shape index (κ1) is 15.4. The van der Waals surface area contributed by atoms with Gasteiger partial charge in [-0.1, -0.05) is 39.8 Å². The smallest absolute Gasteiger partial charge is 0.0201 e. The zero-order chi connectivity index (χ0) is 13.0. The summed E-state index contributed by atoms with van der Waals surface area (Å²) in [5, 5.41) is 0. The van der Waals surface area contributed by atoms with E-state index in [1.54, 1.807) is 0 Å². The third-order valence-corrected chi connectivity index (χ3v) is 4.04. The predicted molar refractivity (Wildman–Crippen MR) is 74.7 cm³/mol. The maximum absolute atomic E-state index is 3.87. The van der Waals surface area contributed by atoms with Crippen molar-refractivity contribution in [3.05, 3.63) is 25.3 Å². The highest BCUT2D eigenvalue weighted by Crippen LogP contribution is 2.35. The number of hydrogen-bond donors (Lipinski definition) is 0. The van der Waals surface area contributed by atoms with Crippen LogP contribution in [0.5, 0.6) is 0 Å². The van der Waals surface area contributed by atoms with Crippen LogP contribution in [-0.4, -0.2) is 23.5 Å². The SMILES string of the molecule is C=CC(C=C)CN(CC)C(C)(C)C(C)(C)C. The average molecular weight is 223 g/mol. The van der Waals surface area contributed by atoms with Crippen LogP contribution in [0.2, 0.25) is 0 Å². The molecule has 0 N–H and O–H groups in total. The first-order valence-corrected chi connectivity index (χ1v) is 6.20. The summed E-state index contributed by atoms with van der Waals surface area (Å²) in [6.45, 7) is 23.5. The van der Waals surface area contributed by atoms with E-state index < -0.39 is 0 Å². The number of nitrogens with zero attached hydrogens (tertiary/aromatic N) is 1. The second-order valence-electron chi connectivity index (χ2n) is 5.98. The molecule has 0 rings (SSSR count). The summed E-state index contributed by atoms with van der Waals surface area (Å²) < 4.78 is 0. The molecule has 16 heavy (non-hydrogen) atoms. The van der Waals surface area contributed by atoms with Crippen molar-refractivity contribution in [3.8, 4) is 0 Å². The van der Waals surface area contributed by atoms with E-state index in [-0.39, 0.29) is 11.0 Å². The van der Waals surface area contributed by atoms with Crippen LogP contribution in [0.4, 0.5) is 0 Å². The molecule has 0 aromatic carbocycles. The summed E-state index contributed by atoms with van der Waals surface area (Å²) in [5.74, 6) is 0.376. The molecular weight excluding hydrogens is 194 g/mol. The minimum Gasteiger partial charge on any atom is -0.297 e. The highest BCUT2D eigenvalue weighted by Gasteiger charge is 2.37. The van der Waals surface area contributed by atoms with Crippen LogP contribution in [0.1, 0.15) is 41.5 Å². The van der Waals surface area contributed by atoms with Gasteiger partial charge in [0.25, 0.3) is 0 Å². The third-order valence-electron chi connectivity index (χ3n) is 4.04. The maximum Gasteiger partial charge on any atom is 0.0201 e. The molecule has 0 saturated heterocycles. The van der Waals surface area contributed by atoms with Gasteiger partial charge in [0.05, 0.1) is 0 Å². The zero-order valence-electron chi connectivity index (χ0n) is 12.0. The van der Waals surface area contributed by atoms with Gasteiger partial charge in [0, 0.05) is 18.0 Å². The molecule has 0 spiro atoms. The molecule has 0 aromatic rings. The molecule has 0 fully saturated rings. The van der Waals surface area contributed by atoms with Crippen molar-refractivity contribution in [2.45, 2.75) is 47.1 Å². The molecule has 0 aliphatic rings. The van der Waals surface area contributed by atoms with E-state index in [2.05, 4.69) is 59.6 Å². The molecule has 1 nitrogen and oxygen atoms in total. The quantitative estimate of drug-likeness (QED) is 0.612. The first-order valence-electron chi connectivity index (χ1n) is 6.20. The van der Waals surface area contributed by atoms with E-state index in [1.165, 1.54) is 0 Å². The lowest BCUT2D eigenvalue weighted by Gasteiger charge is -2.48. The Hall–Kier alpha value is -0.560. The molecule has 0 aromatic heterocycles. The molecule has 1 heteroatoms. The van der Waals surface area contributed by atoms with Crippen molar-refractivity contribution >= 4 is 0 Å². The van der Waals surface area contributed by atoms with Gasteiger partial charge >= 0.3 is 0 Å². The molecule has 0 amide bonds. The third kappa shape index (κ3) is 3.48. The van der Waals surface area contributed by atoms with Crippen molar-refractivity contribution in [2.24, 2.45) is 11.3 Å². The van der Waals surface area contributed by atoms with Gasteiger partial charge < -0.3 is 0 Å². The predicted octanol–water partition coefficient (Wildman–Crippen LogP) is 4.12. The Labute approximate surface area is 102 Å². The van der Waals surface area contributed by atoms with E-state index in [0.717, 1.165) is 13.1 Å². The van der Waals surface area contributed by atoms with Gasteiger partial charge in [-0.05, 0) is 25.8 Å². The van der Waals surface area contributed by atoms with Gasteiger partial charge in [-0.3, -0.25) is 4.90 Å². The van der Waals surface area contributed by atoms with Crippen molar-refractivity contribution < 1.29 is 0 Å². The Balaban J connectivity index is 4.85. The highest BCUT2D eigenvalue weighted by molar-refractivity contribution is 4.98. The van der Waals surface area contributed by atoms with Crippen molar-refractivity contribution in [2.75, 3.05) is 13.1 Å². The Kier molecular flexibility index (Phi) is 5.48. The molecule has 0 aliphatic heterocycles. The van der Waals surface area contributed by atoms with Crippen LogP contribution in [0, 0.1) is 11.3 Å². The molecule has 0 radical (unpaired) electrons. The standard InChI is InChI=1S/C15H29N/c1-9-13(10-2)12-16(11-3)15(7,8)14(4,5)6/h9-10,13H,1-2,11-12H2,3-8H3. The van der Waals surface area contributed by atoms with Gasteiger partial charge in [0.15, 0.2) is 0 Å². The zero-order valence-corrected chi connectivity index (χ0v) is 12.0. The molecule has 94 valence electrons. The fourth-order valence-corrected chi connectivity index (χ4v) is 1.73. The first-order chi connectivity index (χ1) is 7.20. The fourth-order valence-electron chi connectivity index (χ4n) is 1.73. The normalized spacial score (nSPS) is 13.2. The van der Waals surface area contributed by atoms with Crippen LogP contribution in [0.15, 0.2) is 25.3 Å². The molecule has 0 bridgehead atoms. The molecular formula is C15H29N. The van der Waals surface area contributed by atoms with E-state index in [4.69, 9.17) is 0 Å². The highest BCUT2D eigenvalue weighted by atomic mass is 15.2. The van der Waals surface area contributed by atoms with Crippen LogP contribution < -0.4 is 0 Å². The van der Waals surface area contributed by atoms with Crippen molar-refractivity contribution in [1.82, 2.24) is 4.90 Å². The summed E-state index contributed by atoms with van der Waals surface area (Å²) in [5.41, 5.74) is 0.432. The minimum atomic E-state index is 0.173. The minimum absolute atomic E-state index is 0.173. The fraction of sp³-hybridized carbons (Fsp3) is 0.733. The average Bonchev–Trinajstić information content (AvgIpc) is 2.17. The van der Waals surface area contributed by atoms with Crippen molar-refractivity contribution in [1.29, 1.82) is 0 Å². The van der Waals surface area contributed by atoms with E-state index >= 15 is 0 Å². The summed E-state index contributed by atoms with van der Waals surface area (Å²) in [6, 6.07) is 0. The Morgan fingerprint density at radius 2 is 1.50 bits per heavy atom. The van der Waals surface area contributed by atoms with Crippen LogP contribution in [0.3, 0.4) is 0 Å². The van der Waals surface area contributed by atoms with Crippen LogP contribution in [-0.2, 0) is 0 Å². The van der Waals surface area contributed by atoms with Gasteiger partial charge in [0.1, 0.15) is 0 Å². The maximum atomic E-state index is 3.87. The number of hydrogen-bond acceptors (Lipinski definition) is 1. The Morgan fingerprint density at radius 1 is 1.06 bits per heavy atom. The van der Waals surface area contributed by atoms with Crippen molar-refractivity contribution in [3.63, 3.8) is 0 Å². The van der Waals surface area contributed by atoms with Gasteiger partial charge in [-0.15, -0.1) is 13.2 Å². The Morgan fingerprint density at radius 3 is 1.75 bits per heavy atom. The number of rotatable bonds is 6. The monoisotopic (exact) mass is 223 g/mol. The van der Waals surface area contributed by atoms with Crippen LogP contribution in [0.25, 0.3) is 0 Å². The van der Waals surface area contributed by atoms with E-state index in [9.17, 15) is 0 Å². The molecule has 0 unspecified atom stereocenters. The second kappa shape index (κ2) is 5.67. The summed E-state index contributed by atoms with van der Waals surface area (Å²) >= 11 is 0. The van der Waals surface area contributed by atoms with Gasteiger partial charge in [-0.2, -0.15) is 0 Å². The second-order valence-corrected chi connectivity index (χ2v) is 5.98. The van der Waals surface area contributed by atoms with Gasteiger partial charge in [0.2, 0.25) is 0 Å². The summed E-state index contributed by atoms with van der Waals surface area (Å²) in [6.07, 6.45) is 3.96. The lowest BCUT2D eigenvalue weighted by molar-refractivity contribution is 0.0219.